The molecule has 0 aliphatic carbocycles. The van der Waals surface area contributed by atoms with Gasteiger partial charge in [0, 0.05) is 19.4 Å². The number of rotatable bonds is 14. The molecule has 2 aliphatic heterocycles. The Hall–Kier alpha value is -4.68. The van der Waals surface area contributed by atoms with Crippen LogP contribution in [0, 0.1) is 5.82 Å². The van der Waals surface area contributed by atoms with Crippen molar-refractivity contribution in [3.8, 4) is 0 Å². The molecule has 0 aromatic heterocycles. The molecule has 3 N–H and O–H groups in total. The third-order valence-corrected chi connectivity index (χ3v) is 16.8. The van der Waals surface area contributed by atoms with Gasteiger partial charge < -0.3 is 25.3 Å². The zero-order valence-corrected chi connectivity index (χ0v) is 35.2. The highest BCUT2D eigenvalue weighted by molar-refractivity contribution is 6.99. The van der Waals surface area contributed by atoms with Crippen LogP contribution in [0.15, 0.2) is 84.9 Å². The molecule has 0 bridgehead atoms. The topological polar surface area (TPSA) is 134 Å². The van der Waals surface area contributed by atoms with Crippen molar-refractivity contribution in [1.29, 1.82) is 0 Å². The summed E-state index contributed by atoms with van der Waals surface area (Å²) in [6, 6.07) is 23.4. The van der Waals surface area contributed by atoms with Crippen LogP contribution in [0.3, 0.4) is 0 Å². The second-order valence-electron chi connectivity index (χ2n) is 16.8. The average molecular weight is 799 g/mol. The number of Topliss-reactive ketones (excluding diaryl/α,β-unsaturated/α-hetero) is 1. The molecule has 0 spiro atoms. The number of unbranched alkanes of at least 4 members (excludes halogenated alkanes) is 2. The molecule has 0 unspecified atom stereocenters. The Morgan fingerprint density at radius 3 is 2.14 bits per heavy atom. The zero-order chi connectivity index (χ0) is 41.4. The minimum atomic E-state index is -2.92. The highest BCUT2D eigenvalue weighted by atomic mass is 28.4. The van der Waals surface area contributed by atoms with Crippen LogP contribution in [-0.2, 0) is 34.8 Å². The molecule has 2 saturated heterocycles. The number of amides is 4. The van der Waals surface area contributed by atoms with Gasteiger partial charge in [0.1, 0.15) is 35.6 Å². The fourth-order valence-electron chi connectivity index (χ4n) is 8.17. The minimum Gasteiger partial charge on any atom is -0.398 e. The van der Waals surface area contributed by atoms with E-state index in [2.05, 4.69) is 61.0 Å². The first-order valence-electron chi connectivity index (χ1n) is 20.4. The number of halogens is 1. The van der Waals surface area contributed by atoms with E-state index < -0.39 is 67.5 Å². The van der Waals surface area contributed by atoms with Crippen LogP contribution in [0.4, 0.5) is 4.39 Å². The Bertz CT molecular complexity index is 1850. The van der Waals surface area contributed by atoms with Crippen molar-refractivity contribution in [2.24, 2.45) is 0 Å². The summed E-state index contributed by atoms with van der Waals surface area (Å²) in [5.41, 5.74) is -0.871. The molecule has 5 atom stereocenters. The van der Waals surface area contributed by atoms with Crippen molar-refractivity contribution in [3.63, 3.8) is 0 Å². The summed E-state index contributed by atoms with van der Waals surface area (Å²) in [5.74, 6) is -2.35. The van der Waals surface area contributed by atoms with Gasteiger partial charge in [-0.1, -0.05) is 113 Å². The number of hydrogen-bond acceptors (Lipinski definition) is 6. The maximum Gasteiger partial charge on any atom is 0.262 e. The maximum atomic E-state index is 14.1. The number of nitrogens with zero attached hydrogens (tertiary/aromatic N) is 1. The minimum absolute atomic E-state index is 0.00598. The van der Waals surface area contributed by atoms with Gasteiger partial charge in [-0.25, -0.2) is 4.39 Å². The van der Waals surface area contributed by atoms with E-state index in [4.69, 9.17) is 4.43 Å². The Morgan fingerprint density at radius 2 is 1.54 bits per heavy atom. The second-order valence-corrected chi connectivity index (χ2v) is 21.0. The normalized spacial score (nSPS) is 22.7. The van der Waals surface area contributed by atoms with Crippen molar-refractivity contribution >= 4 is 48.1 Å². The number of carbonyl (C=O) groups excluding carboxylic acids is 5. The van der Waals surface area contributed by atoms with E-state index >= 15 is 0 Å². The Morgan fingerprint density at radius 1 is 0.895 bits per heavy atom. The summed E-state index contributed by atoms with van der Waals surface area (Å²) < 4.78 is 21.1. The summed E-state index contributed by atoms with van der Waals surface area (Å²) in [5, 5.41) is 10.5. The number of ketones is 1. The molecule has 306 valence electrons. The van der Waals surface area contributed by atoms with Gasteiger partial charge in [-0.05, 0) is 79.1 Å². The van der Waals surface area contributed by atoms with Gasteiger partial charge in [0.05, 0.1) is 0 Å². The van der Waals surface area contributed by atoms with E-state index in [-0.39, 0.29) is 30.1 Å². The van der Waals surface area contributed by atoms with Crippen molar-refractivity contribution in [3.05, 3.63) is 96.3 Å². The van der Waals surface area contributed by atoms with Crippen LogP contribution in [-0.4, -0.2) is 78.9 Å². The summed E-state index contributed by atoms with van der Waals surface area (Å²) in [4.78, 5) is 70.6. The fraction of sp³-hybridized carbons (Fsp3) is 0.489. The van der Waals surface area contributed by atoms with E-state index in [1.807, 2.05) is 43.3 Å². The van der Waals surface area contributed by atoms with Gasteiger partial charge in [-0.2, -0.15) is 0 Å². The van der Waals surface area contributed by atoms with Crippen LogP contribution in [0.25, 0.3) is 0 Å². The van der Waals surface area contributed by atoms with E-state index in [1.165, 1.54) is 17.0 Å². The van der Waals surface area contributed by atoms with Gasteiger partial charge in [-0.15, -0.1) is 0 Å². The monoisotopic (exact) mass is 798 g/mol. The molecule has 57 heavy (non-hydrogen) atoms. The molecule has 0 saturated carbocycles. The summed E-state index contributed by atoms with van der Waals surface area (Å²) in [6.45, 7) is 12.0. The van der Waals surface area contributed by atoms with E-state index in [9.17, 15) is 28.4 Å². The number of nitrogens with one attached hydrogen (secondary N) is 3. The van der Waals surface area contributed by atoms with Crippen LogP contribution in [0.2, 0.25) is 5.04 Å². The largest absolute Gasteiger partial charge is 0.398 e. The highest BCUT2D eigenvalue weighted by Crippen LogP contribution is 2.37. The van der Waals surface area contributed by atoms with Gasteiger partial charge >= 0.3 is 0 Å². The first-order valence-corrected chi connectivity index (χ1v) is 22.3. The van der Waals surface area contributed by atoms with Gasteiger partial charge in [0.25, 0.3) is 8.32 Å². The summed E-state index contributed by atoms with van der Waals surface area (Å²) in [6.07, 6.45) is 2.91. The molecular formula is C45H59FN4O6Si. The Balaban J connectivity index is 1.25. The lowest BCUT2D eigenvalue weighted by Gasteiger charge is -2.44. The Labute approximate surface area is 337 Å². The third-order valence-electron chi connectivity index (χ3n) is 11.7. The van der Waals surface area contributed by atoms with Crippen LogP contribution < -0.4 is 26.3 Å². The van der Waals surface area contributed by atoms with Gasteiger partial charge in [0.15, 0.2) is 5.78 Å². The average Bonchev–Trinajstić information content (AvgIpc) is 3.69. The lowest BCUT2D eigenvalue weighted by atomic mass is 9.94. The molecule has 2 fully saturated rings. The lowest BCUT2D eigenvalue weighted by Crippen LogP contribution is -2.68. The summed E-state index contributed by atoms with van der Waals surface area (Å²) in [7, 11) is -2.92. The van der Waals surface area contributed by atoms with E-state index in [0.717, 1.165) is 10.4 Å². The number of benzene rings is 3. The molecule has 5 rings (SSSR count). The first-order chi connectivity index (χ1) is 27.1. The third kappa shape index (κ3) is 10.1. The first kappa shape index (κ1) is 43.4. The van der Waals surface area contributed by atoms with Gasteiger partial charge in [0.2, 0.25) is 23.6 Å². The quantitative estimate of drug-likeness (QED) is 0.154. The van der Waals surface area contributed by atoms with E-state index in [1.54, 1.807) is 26.0 Å². The van der Waals surface area contributed by atoms with E-state index in [0.29, 0.717) is 50.6 Å². The summed E-state index contributed by atoms with van der Waals surface area (Å²) >= 11 is 0. The highest BCUT2D eigenvalue weighted by Gasteiger charge is 2.51. The lowest BCUT2D eigenvalue weighted by molar-refractivity contribution is -0.144. The van der Waals surface area contributed by atoms with Crippen LogP contribution >= 0.6 is 0 Å². The van der Waals surface area contributed by atoms with Crippen molar-refractivity contribution in [2.45, 2.75) is 134 Å². The number of fused-ring (bicyclic) bond motifs is 1. The molecule has 4 amide bonds. The zero-order valence-electron chi connectivity index (χ0n) is 34.2. The SMILES string of the molecule is CC[C@]1(C)NC(=O)[C@H](CCCCCC(=O)[C@@H](C)O[Si](c2ccccc2)(c2ccccc2)C(C)(C)C)NC(=O)[C@H]2CCCN2C(=O)[C@H](Cc2cccc(F)c2)NC1=O. The molecular weight excluding hydrogens is 740 g/mol. The maximum absolute atomic E-state index is 14.1. The molecule has 12 heteroatoms. The molecule has 0 radical (unpaired) electrons. The predicted octanol–water partition coefficient (Wildman–Crippen LogP) is 5.11. The molecule has 3 aromatic rings. The molecule has 10 nitrogen and oxygen atoms in total. The standard InChI is InChI=1S/C45H59FN4O6Si/c1-7-45(6)43(55)48-37(30-32-19-17-20-33(46)29-32)42(54)50-28-18-26-38(50)41(53)47-36(40(52)49-45)25-15-10-16-27-39(51)31(2)56-57(44(3,4)5,34-21-11-8-12-22-34)35-23-13-9-14-24-35/h8-9,11-14,17,19-24,29,31,36-38H,7,10,15-16,18,25-28,30H2,1-6H3,(H,47,53)(H,48,55)(H,49,52)/t31-,36+,37+,38-,45+/m1/s1. The van der Waals surface area contributed by atoms with Crippen LogP contribution in [0.1, 0.15) is 98.5 Å². The van der Waals surface area contributed by atoms with Crippen molar-refractivity contribution in [1.82, 2.24) is 20.9 Å². The number of carbonyl (C=O) groups is 5. The second kappa shape index (κ2) is 18.7. The molecule has 2 heterocycles. The van der Waals surface area contributed by atoms with Crippen molar-refractivity contribution in [2.75, 3.05) is 6.54 Å². The number of hydrogen-bond donors (Lipinski definition) is 3. The molecule has 2 aliphatic rings. The predicted molar refractivity (Wildman–Crippen MR) is 222 cm³/mol. The fourth-order valence-corrected chi connectivity index (χ4v) is 12.8. The van der Waals surface area contributed by atoms with Gasteiger partial charge in [-0.3, -0.25) is 24.0 Å². The van der Waals surface area contributed by atoms with Crippen molar-refractivity contribution < 1.29 is 32.8 Å². The smallest absolute Gasteiger partial charge is 0.262 e. The molecule has 3 aromatic carbocycles. The van der Waals surface area contributed by atoms with Crippen LogP contribution in [0.5, 0.6) is 0 Å². The Kier molecular flexibility index (Phi) is 14.3.